The first-order chi connectivity index (χ1) is 16.8. The third kappa shape index (κ3) is 5.31. The van der Waals surface area contributed by atoms with E-state index >= 15 is 0 Å². The van der Waals surface area contributed by atoms with E-state index in [0.717, 1.165) is 41.8 Å². The zero-order chi connectivity index (χ0) is 24.6. The molecule has 1 aromatic heterocycles. The van der Waals surface area contributed by atoms with Gasteiger partial charge in [0.25, 0.3) is 0 Å². The lowest BCUT2D eigenvalue weighted by Gasteiger charge is -2.21. The number of amides is 2. The van der Waals surface area contributed by atoms with Gasteiger partial charge in [-0.05, 0) is 49.1 Å². The summed E-state index contributed by atoms with van der Waals surface area (Å²) in [6.07, 6.45) is -1.70. The van der Waals surface area contributed by atoms with Gasteiger partial charge in [-0.15, -0.1) is 0 Å². The molecule has 2 unspecified atom stereocenters. The molecule has 6 nitrogen and oxygen atoms in total. The fourth-order valence-corrected chi connectivity index (χ4v) is 5.28. The molecule has 0 spiro atoms. The van der Waals surface area contributed by atoms with E-state index < -0.39 is 24.8 Å². The monoisotopic (exact) mass is 503 g/mol. The van der Waals surface area contributed by atoms with Crippen LogP contribution in [0.15, 0.2) is 54.6 Å². The first-order valence-corrected chi connectivity index (χ1v) is 11.9. The number of hydrogen-bond donors (Lipinski definition) is 2. The molecule has 1 aliphatic carbocycles. The molecule has 10 heteroatoms. The van der Waals surface area contributed by atoms with Crippen LogP contribution in [0.4, 0.5) is 23.8 Å². The molecule has 2 N–H and O–H groups in total. The topological polar surface area (TPSA) is 62.2 Å². The van der Waals surface area contributed by atoms with E-state index in [4.69, 9.17) is 16.7 Å². The number of aromatic nitrogens is 2. The molecular weight excluding hydrogens is 479 g/mol. The molecule has 1 saturated heterocycles. The van der Waals surface area contributed by atoms with Crippen LogP contribution in [-0.2, 0) is 12.8 Å². The van der Waals surface area contributed by atoms with Crippen LogP contribution in [0.5, 0.6) is 0 Å². The molecule has 3 aromatic rings. The van der Waals surface area contributed by atoms with Crippen LogP contribution in [0.1, 0.15) is 29.2 Å². The van der Waals surface area contributed by atoms with Crippen LogP contribution >= 0.6 is 11.6 Å². The summed E-state index contributed by atoms with van der Waals surface area (Å²) in [5, 5.41) is 11.1. The van der Waals surface area contributed by atoms with Crippen molar-refractivity contribution in [3.05, 3.63) is 76.4 Å². The van der Waals surface area contributed by atoms with E-state index in [-0.39, 0.29) is 19.0 Å². The van der Waals surface area contributed by atoms with Crippen LogP contribution < -0.4 is 10.6 Å². The van der Waals surface area contributed by atoms with Crippen molar-refractivity contribution in [2.24, 2.45) is 0 Å². The van der Waals surface area contributed by atoms with Gasteiger partial charge in [0, 0.05) is 29.6 Å². The lowest BCUT2D eigenvalue weighted by molar-refractivity contribution is -0.143. The minimum absolute atomic E-state index is 0.0835. The van der Waals surface area contributed by atoms with E-state index in [1.165, 1.54) is 4.90 Å². The Morgan fingerprint density at radius 1 is 1.09 bits per heavy atom. The van der Waals surface area contributed by atoms with Crippen molar-refractivity contribution in [1.29, 1.82) is 0 Å². The van der Waals surface area contributed by atoms with Gasteiger partial charge in [-0.2, -0.15) is 18.3 Å². The van der Waals surface area contributed by atoms with Crippen LogP contribution in [0.25, 0.3) is 5.69 Å². The van der Waals surface area contributed by atoms with Gasteiger partial charge in [-0.3, -0.25) is 10.2 Å². The SMILES string of the molecule is O=C(Nc1c2c(nn1-c1ccccc1)CCC2)NC1CN(CC(F)(F)F)CC1c1cccc(Cl)c1. The van der Waals surface area contributed by atoms with Crippen molar-refractivity contribution < 1.29 is 18.0 Å². The molecule has 0 saturated carbocycles. The number of likely N-dealkylation sites (tertiary alicyclic amines) is 1. The zero-order valence-corrected chi connectivity index (χ0v) is 19.6. The van der Waals surface area contributed by atoms with Gasteiger partial charge in [-0.25, -0.2) is 9.48 Å². The highest BCUT2D eigenvalue weighted by Gasteiger charge is 2.40. The second-order valence-electron chi connectivity index (χ2n) is 9.05. The Hall–Kier alpha value is -3.04. The lowest BCUT2D eigenvalue weighted by Crippen LogP contribution is -2.43. The van der Waals surface area contributed by atoms with E-state index in [2.05, 4.69) is 10.6 Å². The van der Waals surface area contributed by atoms with Gasteiger partial charge in [0.1, 0.15) is 5.82 Å². The number of halogens is 4. The Balaban J connectivity index is 1.37. The molecule has 1 fully saturated rings. The number of rotatable bonds is 5. The number of urea groups is 1. The fourth-order valence-electron chi connectivity index (χ4n) is 5.08. The molecular formula is C25H25ClF3N5O. The number of fused-ring (bicyclic) bond motifs is 1. The highest BCUT2D eigenvalue weighted by atomic mass is 35.5. The number of anilines is 1. The summed E-state index contributed by atoms with van der Waals surface area (Å²) in [6, 6.07) is 15.6. The van der Waals surface area contributed by atoms with E-state index in [9.17, 15) is 18.0 Å². The van der Waals surface area contributed by atoms with Crippen molar-refractivity contribution in [2.75, 3.05) is 25.0 Å². The molecule has 0 radical (unpaired) electrons. The number of aryl methyl sites for hydroxylation is 1. The molecule has 2 aromatic carbocycles. The Bertz CT molecular complexity index is 1210. The van der Waals surface area contributed by atoms with Crippen molar-refractivity contribution in [3.8, 4) is 5.69 Å². The van der Waals surface area contributed by atoms with E-state index in [1.807, 2.05) is 36.4 Å². The number of hydrogen-bond acceptors (Lipinski definition) is 3. The predicted octanol–water partition coefficient (Wildman–Crippen LogP) is 5.17. The van der Waals surface area contributed by atoms with Crippen molar-refractivity contribution in [3.63, 3.8) is 0 Å². The van der Waals surface area contributed by atoms with E-state index in [1.54, 1.807) is 22.9 Å². The summed E-state index contributed by atoms with van der Waals surface area (Å²) >= 11 is 6.14. The molecule has 2 atom stereocenters. The normalized spacial score (nSPS) is 20.1. The molecule has 5 rings (SSSR count). The molecule has 35 heavy (non-hydrogen) atoms. The Kier molecular flexibility index (Phi) is 6.46. The number of para-hydroxylation sites is 1. The first kappa shape index (κ1) is 23.7. The Labute approximate surface area is 206 Å². The maximum Gasteiger partial charge on any atom is 0.401 e. The number of nitrogens with zero attached hydrogens (tertiary/aromatic N) is 3. The molecule has 2 heterocycles. The smallest absolute Gasteiger partial charge is 0.333 e. The number of carbonyl (C=O) groups excluding carboxylic acids is 1. The fraction of sp³-hybridized carbons (Fsp3) is 0.360. The van der Waals surface area contributed by atoms with Gasteiger partial charge in [0.15, 0.2) is 0 Å². The van der Waals surface area contributed by atoms with Crippen LogP contribution in [0.3, 0.4) is 0 Å². The number of nitrogens with one attached hydrogen (secondary N) is 2. The molecule has 1 aliphatic heterocycles. The first-order valence-electron chi connectivity index (χ1n) is 11.5. The van der Waals surface area contributed by atoms with Gasteiger partial charge in [0.2, 0.25) is 0 Å². The van der Waals surface area contributed by atoms with Gasteiger partial charge < -0.3 is 5.32 Å². The third-order valence-corrected chi connectivity index (χ3v) is 6.77. The Morgan fingerprint density at radius 2 is 1.89 bits per heavy atom. The van der Waals surface area contributed by atoms with Crippen molar-refractivity contribution in [1.82, 2.24) is 20.0 Å². The van der Waals surface area contributed by atoms with Crippen molar-refractivity contribution >= 4 is 23.4 Å². The predicted molar refractivity (Wildman–Crippen MR) is 128 cm³/mol. The van der Waals surface area contributed by atoms with Crippen LogP contribution in [0, 0.1) is 0 Å². The molecule has 2 aliphatic rings. The summed E-state index contributed by atoms with van der Waals surface area (Å²) in [7, 11) is 0. The molecule has 184 valence electrons. The van der Waals surface area contributed by atoms with Gasteiger partial charge >= 0.3 is 12.2 Å². The minimum Gasteiger partial charge on any atom is -0.333 e. The standard InChI is InChI=1S/C25H25ClF3N5O/c26-17-7-4-6-16(12-17)20-13-33(15-25(27,28)29)14-22(20)30-24(35)31-23-19-10-5-11-21(19)32-34(23)18-8-2-1-3-9-18/h1-4,6-9,12,20,22H,5,10-11,13-15H2,(H2,30,31,35). The average Bonchev–Trinajstić information content (AvgIpc) is 3.49. The average molecular weight is 504 g/mol. The maximum absolute atomic E-state index is 13.2. The summed E-state index contributed by atoms with van der Waals surface area (Å²) in [5.41, 5.74) is 3.58. The highest BCUT2D eigenvalue weighted by molar-refractivity contribution is 6.30. The zero-order valence-electron chi connectivity index (χ0n) is 18.9. The van der Waals surface area contributed by atoms with Crippen LogP contribution in [0.2, 0.25) is 5.02 Å². The third-order valence-electron chi connectivity index (χ3n) is 6.53. The minimum atomic E-state index is -4.32. The number of benzene rings is 2. The molecule has 2 amide bonds. The summed E-state index contributed by atoms with van der Waals surface area (Å²) < 4.78 is 41.0. The van der Waals surface area contributed by atoms with Crippen molar-refractivity contribution in [2.45, 2.75) is 37.4 Å². The quantitative estimate of drug-likeness (QED) is 0.505. The largest absolute Gasteiger partial charge is 0.401 e. The second kappa shape index (κ2) is 9.54. The number of carbonyl (C=O) groups is 1. The summed E-state index contributed by atoms with van der Waals surface area (Å²) in [4.78, 5) is 14.5. The highest BCUT2D eigenvalue weighted by Crippen LogP contribution is 2.33. The summed E-state index contributed by atoms with van der Waals surface area (Å²) in [6.45, 7) is -0.777. The maximum atomic E-state index is 13.2. The molecule has 0 bridgehead atoms. The lowest BCUT2D eigenvalue weighted by atomic mass is 9.94. The van der Waals surface area contributed by atoms with E-state index in [0.29, 0.717) is 10.8 Å². The van der Waals surface area contributed by atoms with Crippen LogP contribution in [-0.4, -0.2) is 52.6 Å². The van der Waals surface area contributed by atoms with Gasteiger partial charge in [-0.1, -0.05) is 41.9 Å². The number of alkyl halides is 3. The summed E-state index contributed by atoms with van der Waals surface area (Å²) in [5.74, 6) is 0.275. The second-order valence-corrected chi connectivity index (χ2v) is 9.49. The van der Waals surface area contributed by atoms with Gasteiger partial charge in [0.05, 0.1) is 24.0 Å². The Morgan fingerprint density at radius 3 is 2.63 bits per heavy atom.